The molecule has 0 atom stereocenters. The third-order valence-electron chi connectivity index (χ3n) is 3.01. The molecule has 0 saturated heterocycles. The van der Waals surface area contributed by atoms with Gasteiger partial charge in [-0.15, -0.1) is 0 Å². The monoisotopic (exact) mass is 323 g/mol. The van der Waals surface area contributed by atoms with Gasteiger partial charge in [-0.1, -0.05) is 60.2 Å². The van der Waals surface area contributed by atoms with Gasteiger partial charge in [-0.05, 0) is 25.0 Å². The van der Waals surface area contributed by atoms with Crippen LogP contribution in [-0.2, 0) is 0 Å². The minimum Gasteiger partial charge on any atom is -0.494 e. The SMILES string of the molecule is [C-]#[N+]c1ccc(OCCCCCCCCCBr)cc1. The Kier molecular flexibility index (Phi) is 9.18. The minimum atomic E-state index is 0.663. The number of hydrogen-bond donors (Lipinski definition) is 0. The Hall–Kier alpha value is -1.01. The highest BCUT2D eigenvalue weighted by atomic mass is 79.9. The highest BCUT2D eigenvalue weighted by Crippen LogP contribution is 2.18. The smallest absolute Gasteiger partial charge is 0.187 e. The number of hydrogen-bond acceptors (Lipinski definition) is 1. The first-order valence-corrected chi connectivity index (χ1v) is 8.15. The molecule has 1 rings (SSSR count). The Morgan fingerprint density at radius 2 is 1.47 bits per heavy atom. The van der Waals surface area contributed by atoms with E-state index in [9.17, 15) is 0 Å². The lowest BCUT2D eigenvalue weighted by atomic mass is 10.1. The van der Waals surface area contributed by atoms with Gasteiger partial charge in [0.2, 0.25) is 0 Å². The maximum absolute atomic E-state index is 6.87. The van der Waals surface area contributed by atoms with E-state index in [2.05, 4.69) is 20.8 Å². The average molecular weight is 324 g/mol. The van der Waals surface area contributed by atoms with Gasteiger partial charge in [0.05, 0.1) is 13.2 Å². The lowest BCUT2D eigenvalue weighted by Crippen LogP contribution is -1.96. The van der Waals surface area contributed by atoms with Crippen LogP contribution in [-0.4, -0.2) is 11.9 Å². The van der Waals surface area contributed by atoms with Crippen molar-refractivity contribution in [3.63, 3.8) is 0 Å². The summed E-state index contributed by atoms with van der Waals surface area (Å²) in [5.74, 6) is 0.865. The lowest BCUT2D eigenvalue weighted by Gasteiger charge is -2.06. The van der Waals surface area contributed by atoms with Crippen LogP contribution in [0.1, 0.15) is 44.9 Å². The summed E-state index contributed by atoms with van der Waals surface area (Å²) in [4.78, 5) is 3.35. The molecule has 19 heavy (non-hydrogen) atoms. The van der Waals surface area contributed by atoms with Crippen molar-refractivity contribution < 1.29 is 4.74 Å². The van der Waals surface area contributed by atoms with Crippen molar-refractivity contribution >= 4 is 21.6 Å². The molecule has 0 radical (unpaired) electrons. The maximum atomic E-state index is 6.87. The first-order valence-electron chi connectivity index (χ1n) is 7.03. The van der Waals surface area contributed by atoms with E-state index in [0.717, 1.165) is 24.1 Å². The van der Waals surface area contributed by atoms with E-state index in [-0.39, 0.29) is 0 Å². The lowest BCUT2D eigenvalue weighted by molar-refractivity contribution is 0.304. The number of ether oxygens (including phenoxy) is 1. The van der Waals surface area contributed by atoms with E-state index in [1.807, 2.05) is 12.1 Å². The minimum absolute atomic E-state index is 0.663. The normalized spacial score (nSPS) is 10.1. The van der Waals surface area contributed by atoms with Crippen molar-refractivity contribution in [1.29, 1.82) is 0 Å². The fourth-order valence-corrected chi connectivity index (χ4v) is 2.28. The molecule has 0 bridgehead atoms. The molecular formula is C16H22BrNO. The molecule has 0 N–H and O–H groups in total. The summed E-state index contributed by atoms with van der Waals surface area (Å²) in [6, 6.07) is 7.33. The van der Waals surface area contributed by atoms with Crippen molar-refractivity contribution in [3.05, 3.63) is 35.7 Å². The van der Waals surface area contributed by atoms with E-state index >= 15 is 0 Å². The molecule has 0 aromatic heterocycles. The summed E-state index contributed by atoms with van der Waals surface area (Å²) in [7, 11) is 0. The summed E-state index contributed by atoms with van der Waals surface area (Å²) in [5.41, 5.74) is 0.663. The number of nitrogens with zero attached hydrogens (tertiary/aromatic N) is 1. The van der Waals surface area contributed by atoms with Gasteiger partial charge >= 0.3 is 0 Å². The van der Waals surface area contributed by atoms with Crippen LogP contribution in [0.4, 0.5) is 5.69 Å². The molecule has 0 aliphatic heterocycles. The predicted molar refractivity (Wildman–Crippen MR) is 84.3 cm³/mol. The quantitative estimate of drug-likeness (QED) is 0.304. The van der Waals surface area contributed by atoms with Crippen LogP contribution in [0.25, 0.3) is 4.85 Å². The molecule has 1 aromatic carbocycles. The highest BCUT2D eigenvalue weighted by Gasteiger charge is 1.95. The van der Waals surface area contributed by atoms with Crippen LogP contribution in [0.15, 0.2) is 24.3 Å². The number of unbranched alkanes of at least 4 members (excludes halogenated alkanes) is 6. The largest absolute Gasteiger partial charge is 0.494 e. The van der Waals surface area contributed by atoms with Gasteiger partial charge in [0, 0.05) is 5.33 Å². The van der Waals surface area contributed by atoms with E-state index in [0.29, 0.717) is 5.69 Å². The number of rotatable bonds is 10. The Morgan fingerprint density at radius 3 is 2.05 bits per heavy atom. The number of alkyl halides is 1. The van der Waals surface area contributed by atoms with Crippen molar-refractivity contribution in [2.75, 3.05) is 11.9 Å². The molecule has 0 amide bonds. The molecule has 0 fully saturated rings. The average Bonchev–Trinajstić information content (AvgIpc) is 2.46. The Morgan fingerprint density at radius 1 is 0.895 bits per heavy atom. The second kappa shape index (κ2) is 10.9. The van der Waals surface area contributed by atoms with E-state index in [1.54, 1.807) is 12.1 Å². The summed E-state index contributed by atoms with van der Waals surface area (Å²) >= 11 is 3.45. The summed E-state index contributed by atoms with van der Waals surface area (Å²) in [6.45, 7) is 7.65. The van der Waals surface area contributed by atoms with E-state index in [4.69, 9.17) is 11.3 Å². The Bertz CT molecular complexity index is 369. The third-order valence-corrected chi connectivity index (χ3v) is 3.57. The molecule has 0 spiro atoms. The molecule has 2 nitrogen and oxygen atoms in total. The van der Waals surface area contributed by atoms with Gasteiger partial charge in [0.15, 0.2) is 5.69 Å². The predicted octanol–water partition coefficient (Wildman–Crippen LogP) is 5.74. The molecule has 104 valence electrons. The van der Waals surface area contributed by atoms with Gasteiger partial charge in [0.1, 0.15) is 5.75 Å². The molecule has 0 heterocycles. The van der Waals surface area contributed by atoms with Crippen LogP contribution in [0.2, 0.25) is 0 Å². The number of benzene rings is 1. The van der Waals surface area contributed by atoms with Crippen LogP contribution < -0.4 is 4.74 Å². The third kappa shape index (κ3) is 7.89. The van der Waals surface area contributed by atoms with Gasteiger partial charge < -0.3 is 4.74 Å². The fourth-order valence-electron chi connectivity index (χ4n) is 1.89. The summed E-state index contributed by atoms with van der Waals surface area (Å²) < 4.78 is 5.64. The molecule has 0 saturated carbocycles. The van der Waals surface area contributed by atoms with Gasteiger partial charge in [-0.3, -0.25) is 0 Å². The second-order valence-corrected chi connectivity index (χ2v) is 5.41. The fraction of sp³-hybridized carbons (Fsp3) is 0.562. The van der Waals surface area contributed by atoms with E-state index in [1.165, 1.54) is 38.5 Å². The molecule has 0 unspecified atom stereocenters. The van der Waals surface area contributed by atoms with Gasteiger partial charge in [-0.2, -0.15) is 0 Å². The zero-order valence-electron chi connectivity index (χ0n) is 11.4. The first kappa shape index (κ1) is 16.0. The zero-order chi connectivity index (χ0) is 13.8. The van der Waals surface area contributed by atoms with Crippen LogP contribution >= 0.6 is 15.9 Å². The molecule has 0 aliphatic rings. The molecule has 3 heteroatoms. The van der Waals surface area contributed by atoms with Crippen LogP contribution in [0, 0.1) is 6.57 Å². The van der Waals surface area contributed by atoms with Crippen LogP contribution in [0.5, 0.6) is 5.75 Å². The Balaban J connectivity index is 1.97. The van der Waals surface area contributed by atoms with Crippen molar-refractivity contribution in [1.82, 2.24) is 0 Å². The molecular weight excluding hydrogens is 302 g/mol. The van der Waals surface area contributed by atoms with Gasteiger partial charge in [0.25, 0.3) is 0 Å². The van der Waals surface area contributed by atoms with Crippen LogP contribution in [0.3, 0.4) is 0 Å². The van der Waals surface area contributed by atoms with Gasteiger partial charge in [-0.25, -0.2) is 4.85 Å². The highest BCUT2D eigenvalue weighted by molar-refractivity contribution is 9.09. The van der Waals surface area contributed by atoms with Crippen molar-refractivity contribution in [3.8, 4) is 5.75 Å². The maximum Gasteiger partial charge on any atom is 0.187 e. The first-order chi connectivity index (χ1) is 9.36. The van der Waals surface area contributed by atoms with Crippen molar-refractivity contribution in [2.45, 2.75) is 44.9 Å². The zero-order valence-corrected chi connectivity index (χ0v) is 13.0. The second-order valence-electron chi connectivity index (χ2n) is 4.62. The van der Waals surface area contributed by atoms with E-state index < -0.39 is 0 Å². The van der Waals surface area contributed by atoms with Crippen molar-refractivity contribution in [2.24, 2.45) is 0 Å². The standard InChI is InChI=1S/C16H22BrNO/c1-18-15-9-11-16(12-10-15)19-14-8-6-4-2-3-5-7-13-17/h9-12H,2-8,13-14H2. The summed E-state index contributed by atoms with van der Waals surface area (Å²) in [6.07, 6.45) is 9.00. The Labute approximate surface area is 125 Å². The topological polar surface area (TPSA) is 13.6 Å². The number of halogens is 1. The summed E-state index contributed by atoms with van der Waals surface area (Å²) in [5, 5.41) is 1.13. The molecule has 0 aliphatic carbocycles. The molecule has 1 aromatic rings.